The number of fused-ring (bicyclic) bond motifs is 2. The van der Waals surface area contributed by atoms with Crippen LogP contribution in [0.15, 0.2) is 30.3 Å². The van der Waals surface area contributed by atoms with Crippen LogP contribution < -0.4 is 11.3 Å². The predicted octanol–water partition coefficient (Wildman–Crippen LogP) is 2.02. The average molecular weight is 246 g/mol. The van der Waals surface area contributed by atoms with Crippen LogP contribution in [-0.2, 0) is 11.2 Å². The van der Waals surface area contributed by atoms with E-state index < -0.39 is 0 Å². The molecule has 2 bridgehead atoms. The van der Waals surface area contributed by atoms with Crippen molar-refractivity contribution in [3.8, 4) is 0 Å². The van der Waals surface area contributed by atoms with E-state index in [0.29, 0.717) is 24.2 Å². The Morgan fingerprint density at radius 2 is 2.11 bits per heavy atom. The van der Waals surface area contributed by atoms with Gasteiger partial charge in [-0.2, -0.15) is 0 Å². The lowest BCUT2D eigenvalue weighted by Gasteiger charge is -2.27. The fraction of sp³-hybridized carbons (Fsp3) is 0.600. The summed E-state index contributed by atoms with van der Waals surface area (Å²) in [5.74, 6) is 6.35. The highest BCUT2D eigenvalue weighted by Crippen LogP contribution is 2.41. The van der Waals surface area contributed by atoms with Crippen LogP contribution in [0.5, 0.6) is 0 Å². The third-order valence-corrected chi connectivity index (χ3v) is 4.47. The largest absolute Gasteiger partial charge is 0.375 e. The Kier molecular flexibility index (Phi) is 3.64. The smallest absolute Gasteiger partial charge is 0.0624 e. The second-order valence-electron chi connectivity index (χ2n) is 5.57. The van der Waals surface area contributed by atoms with Crippen molar-refractivity contribution in [2.24, 2.45) is 11.8 Å². The Balaban J connectivity index is 1.57. The SMILES string of the molecule is NNC(CCc1ccccc1)C1CC2CCC1O2. The lowest BCUT2D eigenvalue weighted by atomic mass is 9.82. The number of aryl methyl sites for hydroxylation is 1. The molecule has 2 aliphatic heterocycles. The summed E-state index contributed by atoms with van der Waals surface area (Å²) in [5, 5.41) is 0. The molecule has 0 saturated carbocycles. The number of ether oxygens (including phenoxy) is 1. The van der Waals surface area contributed by atoms with Gasteiger partial charge in [-0.3, -0.25) is 11.3 Å². The van der Waals surface area contributed by atoms with Gasteiger partial charge in [-0.05, 0) is 37.7 Å². The molecular formula is C15H22N2O. The quantitative estimate of drug-likeness (QED) is 0.617. The van der Waals surface area contributed by atoms with E-state index in [9.17, 15) is 0 Å². The summed E-state index contributed by atoms with van der Waals surface area (Å²) < 4.78 is 5.92. The first-order valence-electron chi connectivity index (χ1n) is 7.02. The average Bonchev–Trinajstić information content (AvgIpc) is 3.03. The van der Waals surface area contributed by atoms with Crippen molar-refractivity contribution >= 4 is 0 Å². The van der Waals surface area contributed by atoms with E-state index in [2.05, 4.69) is 35.8 Å². The number of nitrogens with one attached hydrogen (secondary N) is 1. The first kappa shape index (κ1) is 12.2. The predicted molar refractivity (Wildman–Crippen MR) is 71.9 cm³/mol. The van der Waals surface area contributed by atoms with Gasteiger partial charge in [0, 0.05) is 12.0 Å². The van der Waals surface area contributed by atoms with Gasteiger partial charge in [0.05, 0.1) is 12.2 Å². The fourth-order valence-corrected chi connectivity index (χ4v) is 3.49. The molecule has 1 aromatic rings. The van der Waals surface area contributed by atoms with E-state index in [-0.39, 0.29) is 0 Å². The maximum absolute atomic E-state index is 5.92. The second-order valence-corrected chi connectivity index (χ2v) is 5.57. The van der Waals surface area contributed by atoms with E-state index >= 15 is 0 Å². The zero-order valence-corrected chi connectivity index (χ0v) is 10.7. The summed E-state index contributed by atoms with van der Waals surface area (Å²) in [4.78, 5) is 0. The fourth-order valence-electron chi connectivity index (χ4n) is 3.49. The Bertz CT molecular complexity index is 381. The molecule has 2 heterocycles. The van der Waals surface area contributed by atoms with E-state index in [1.54, 1.807) is 0 Å². The number of hydrogen-bond donors (Lipinski definition) is 2. The van der Waals surface area contributed by atoms with Gasteiger partial charge in [0.2, 0.25) is 0 Å². The minimum absolute atomic E-state index is 0.389. The number of benzene rings is 1. The zero-order chi connectivity index (χ0) is 12.4. The Hall–Kier alpha value is -0.900. The van der Waals surface area contributed by atoms with Crippen molar-refractivity contribution in [3.05, 3.63) is 35.9 Å². The van der Waals surface area contributed by atoms with E-state index in [0.717, 1.165) is 12.8 Å². The molecule has 0 amide bonds. The van der Waals surface area contributed by atoms with Gasteiger partial charge in [-0.1, -0.05) is 30.3 Å². The van der Waals surface area contributed by atoms with Crippen LogP contribution in [0.1, 0.15) is 31.2 Å². The summed E-state index contributed by atoms with van der Waals surface area (Å²) in [6.45, 7) is 0. The summed E-state index contributed by atoms with van der Waals surface area (Å²) in [7, 11) is 0. The van der Waals surface area contributed by atoms with Crippen LogP contribution >= 0.6 is 0 Å². The second kappa shape index (κ2) is 5.39. The van der Waals surface area contributed by atoms with Crippen molar-refractivity contribution in [2.75, 3.05) is 0 Å². The molecule has 0 spiro atoms. The molecule has 3 N–H and O–H groups in total. The minimum Gasteiger partial charge on any atom is -0.375 e. The van der Waals surface area contributed by atoms with E-state index in [1.807, 2.05) is 0 Å². The highest BCUT2D eigenvalue weighted by Gasteiger charge is 2.43. The third kappa shape index (κ3) is 2.44. The van der Waals surface area contributed by atoms with Crippen LogP contribution in [0.25, 0.3) is 0 Å². The topological polar surface area (TPSA) is 47.3 Å². The number of hydrazine groups is 1. The van der Waals surface area contributed by atoms with Crippen LogP contribution in [0.3, 0.4) is 0 Å². The maximum atomic E-state index is 5.92. The van der Waals surface area contributed by atoms with Crippen molar-refractivity contribution < 1.29 is 4.74 Å². The molecule has 3 rings (SSSR count). The van der Waals surface area contributed by atoms with Gasteiger partial charge >= 0.3 is 0 Å². The minimum atomic E-state index is 0.389. The molecule has 2 aliphatic rings. The lowest BCUT2D eigenvalue weighted by Crippen LogP contribution is -2.44. The molecule has 3 heteroatoms. The first-order valence-corrected chi connectivity index (χ1v) is 7.02. The molecule has 0 aliphatic carbocycles. The van der Waals surface area contributed by atoms with Crippen LogP contribution in [-0.4, -0.2) is 18.2 Å². The highest BCUT2D eigenvalue weighted by molar-refractivity contribution is 5.15. The molecule has 18 heavy (non-hydrogen) atoms. The number of hydrogen-bond acceptors (Lipinski definition) is 3. The summed E-state index contributed by atoms with van der Waals surface area (Å²) in [6.07, 6.45) is 6.80. The highest BCUT2D eigenvalue weighted by atomic mass is 16.5. The maximum Gasteiger partial charge on any atom is 0.0624 e. The monoisotopic (exact) mass is 246 g/mol. The summed E-state index contributed by atoms with van der Waals surface area (Å²) in [5.41, 5.74) is 4.41. The molecule has 4 unspecified atom stereocenters. The van der Waals surface area contributed by atoms with Crippen LogP contribution in [0.4, 0.5) is 0 Å². The van der Waals surface area contributed by atoms with Gasteiger partial charge in [0.1, 0.15) is 0 Å². The molecule has 0 radical (unpaired) electrons. The summed E-state index contributed by atoms with van der Waals surface area (Å²) >= 11 is 0. The molecule has 98 valence electrons. The van der Waals surface area contributed by atoms with Crippen molar-refractivity contribution in [3.63, 3.8) is 0 Å². The summed E-state index contributed by atoms with van der Waals surface area (Å²) in [6, 6.07) is 11.0. The van der Waals surface area contributed by atoms with Crippen LogP contribution in [0.2, 0.25) is 0 Å². The number of rotatable bonds is 5. The Morgan fingerprint density at radius 3 is 2.72 bits per heavy atom. The molecule has 0 aromatic heterocycles. The molecule has 1 aromatic carbocycles. The Labute approximate surface area is 109 Å². The van der Waals surface area contributed by atoms with Crippen molar-refractivity contribution in [2.45, 2.75) is 50.4 Å². The first-order chi connectivity index (χ1) is 8.86. The van der Waals surface area contributed by atoms with Gasteiger partial charge in [0.25, 0.3) is 0 Å². The Morgan fingerprint density at radius 1 is 1.28 bits per heavy atom. The number of nitrogens with two attached hydrogens (primary N) is 1. The molecular weight excluding hydrogens is 224 g/mol. The van der Waals surface area contributed by atoms with E-state index in [4.69, 9.17) is 10.6 Å². The van der Waals surface area contributed by atoms with Gasteiger partial charge in [-0.15, -0.1) is 0 Å². The third-order valence-electron chi connectivity index (χ3n) is 4.47. The van der Waals surface area contributed by atoms with Crippen molar-refractivity contribution in [1.29, 1.82) is 0 Å². The molecule has 2 fully saturated rings. The lowest BCUT2D eigenvalue weighted by molar-refractivity contribution is 0.0850. The molecule has 2 saturated heterocycles. The van der Waals surface area contributed by atoms with Gasteiger partial charge < -0.3 is 4.74 Å². The van der Waals surface area contributed by atoms with Gasteiger partial charge in [-0.25, -0.2) is 0 Å². The van der Waals surface area contributed by atoms with Crippen LogP contribution in [0, 0.1) is 5.92 Å². The van der Waals surface area contributed by atoms with Crippen molar-refractivity contribution in [1.82, 2.24) is 5.43 Å². The van der Waals surface area contributed by atoms with Gasteiger partial charge in [0.15, 0.2) is 0 Å². The standard InChI is InChI=1S/C15H22N2O/c16-17-14(8-6-11-4-2-1-3-5-11)13-10-12-7-9-15(13)18-12/h1-5,12-15,17H,6-10,16H2. The zero-order valence-electron chi connectivity index (χ0n) is 10.7. The van der Waals surface area contributed by atoms with E-state index in [1.165, 1.54) is 24.8 Å². The molecule has 3 nitrogen and oxygen atoms in total. The normalized spacial score (nSPS) is 31.7. The molecule has 4 atom stereocenters.